The van der Waals surface area contributed by atoms with Gasteiger partial charge in [0.25, 0.3) is 0 Å². The molecule has 0 aliphatic heterocycles. The van der Waals surface area contributed by atoms with Crippen molar-refractivity contribution in [3.63, 3.8) is 0 Å². The maximum absolute atomic E-state index is 12.1. The number of rotatable bonds is 10. The van der Waals surface area contributed by atoms with Crippen molar-refractivity contribution in [3.8, 4) is 5.75 Å². The highest BCUT2D eigenvalue weighted by Crippen LogP contribution is 2.17. The number of carbonyl (C=O) groups is 2. The largest absolute Gasteiger partial charge is 0.491 e. The molecule has 0 bridgehead atoms. The van der Waals surface area contributed by atoms with E-state index in [1.165, 1.54) is 12.1 Å². The molecule has 1 rings (SSSR count). The fraction of sp³-hybridized carbons (Fsp3) is 0.412. The van der Waals surface area contributed by atoms with E-state index in [4.69, 9.17) is 9.84 Å². The Morgan fingerprint density at radius 2 is 1.85 bits per heavy atom. The molecule has 144 valence electrons. The molecular formula is C17H24N2O6S. The molecule has 0 aliphatic rings. The number of ether oxygens (including phenoxy) is 1. The summed E-state index contributed by atoms with van der Waals surface area (Å²) < 4.78 is 31.9. The van der Waals surface area contributed by atoms with Crippen molar-refractivity contribution in [1.82, 2.24) is 5.32 Å². The van der Waals surface area contributed by atoms with Crippen LogP contribution in [-0.2, 0) is 19.6 Å². The molecule has 0 fully saturated rings. The van der Waals surface area contributed by atoms with Crippen LogP contribution in [0, 0.1) is 0 Å². The molecule has 26 heavy (non-hydrogen) atoms. The third-order valence-electron chi connectivity index (χ3n) is 3.06. The van der Waals surface area contributed by atoms with Crippen LogP contribution in [-0.4, -0.2) is 43.3 Å². The lowest BCUT2D eigenvalue weighted by atomic mass is 10.2. The topological polar surface area (TPSA) is 122 Å². The van der Waals surface area contributed by atoms with Crippen LogP contribution in [0.5, 0.6) is 5.75 Å². The van der Waals surface area contributed by atoms with Crippen LogP contribution >= 0.6 is 0 Å². The summed E-state index contributed by atoms with van der Waals surface area (Å²) in [5, 5.41) is 11.2. The number of carbonyl (C=O) groups excluding carboxylic acids is 1. The van der Waals surface area contributed by atoms with E-state index in [-0.39, 0.29) is 18.2 Å². The Balaban J connectivity index is 2.67. The lowest BCUT2D eigenvalue weighted by Crippen LogP contribution is -2.43. The zero-order valence-corrected chi connectivity index (χ0v) is 15.7. The number of carboxylic acid groups (broad SMARTS) is 1. The second-order valence-corrected chi connectivity index (χ2v) is 7.54. The number of allylic oxidation sites excluding steroid dienone is 1. The molecule has 0 heterocycles. The first-order chi connectivity index (χ1) is 12.1. The standard InChI is InChI=1S/C17H24N2O6S/c1-4-5-6-15(17(21)22)18-16(20)11-26(23,24)19-13-7-9-14(10-8-13)25-12(2)3/h4-5,7-10,12,15,19H,6,11H2,1-3H3,(H,18,20)(H,21,22)/b5-4+. The van der Waals surface area contributed by atoms with Crippen LogP contribution in [0.15, 0.2) is 36.4 Å². The summed E-state index contributed by atoms with van der Waals surface area (Å²) in [5.41, 5.74) is 0.276. The van der Waals surface area contributed by atoms with E-state index in [1.807, 2.05) is 13.8 Å². The quantitative estimate of drug-likeness (QED) is 0.528. The summed E-state index contributed by atoms with van der Waals surface area (Å²) in [7, 11) is -3.98. The van der Waals surface area contributed by atoms with Gasteiger partial charge in [0.2, 0.25) is 15.9 Å². The van der Waals surface area contributed by atoms with Crippen molar-refractivity contribution < 1.29 is 27.9 Å². The number of anilines is 1. The molecule has 9 heteroatoms. The van der Waals surface area contributed by atoms with Crippen molar-refractivity contribution >= 4 is 27.6 Å². The number of amides is 1. The van der Waals surface area contributed by atoms with Crippen LogP contribution in [0.3, 0.4) is 0 Å². The summed E-state index contributed by atoms with van der Waals surface area (Å²) in [4.78, 5) is 22.9. The van der Waals surface area contributed by atoms with Crippen molar-refractivity contribution in [1.29, 1.82) is 0 Å². The number of hydrogen-bond acceptors (Lipinski definition) is 5. The number of aliphatic carboxylic acids is 1. The molecule has 3 N–H and O–H groups in total. The maximum Gasteiger partial charge on any atom is 0.326 e. The molecule has 0 spiro atoms. The highest BCUT2D eigenvalue weighted by molar-refractivity contribution is 7.93. The Labute approximate surface area is 153 Å². The van der Waals surface area contributed by atoms with E-state index in [2.05, 4.69) is 10.0 Å². The van der Waals surface area contributed by atoms with E-state index in [9.17, 15) is 18.0 Å². The van der Waals surface area contributed by atoms with Gasteiger partial charge in [-0.15, -0.1) is 0 Å². The number of nitrogens with one attached hydrogen (secondary N) is 2. The third kappa shape index (κ3) is 8.02. The highest BCUT2D eigenvalue weighted by atomic mass is 32.2. The molecule has 1 amide bonds. The van der Waals surface area contributed by atoms with E-state index >= 15 is 0 Å². The molecule has 1 aromatic rings. The number of hydrogen-bond donors (Lipinski definition) is 3. The molecule has 0 aromatic heterocycles. The minimum Gasteiger partial charge on any atom is -0.491 e. The zero-order valence-electron chi connectivity index (χ0n) is 14.9. The number of benzene rings is 1. The Bertz CT molecular complexity index is 741. The summed E-state index contributed by atoms with van der Waals surface area (Å²) in [6.45, 7) is 5.46. The van der Waals surface area contributed by atoms with Gasteiger partial charge in [-0.2, -0.15) is 0 Å². The molecule has 1 aromatic carbocycles. The van der Waals surface area contributed by atoms with E-state index in [0.717, 1.165) is 0 Å². The second-order valence-electron chi connectivity index (χ2n) is 5.82. The normalized spacial score (nSPS) is 12.8. The predicted molar refractivity (Wildman–Crippen MR) is 98.6 cm³/mol. The Kier molecular flexibility index (Phi) is 8.11. The summed E-state index contributed by atoms with van der Waals surface area (Å²) in [5.74, 6) is -2.41. The minimum atomic E-state index is -3.98. The Hall–Kier alpha value is -2.55. The first-order valence-electron chi connectivity index (χ1n) is 8.03. The van der Waals surface area contributed by atoms with Crippen LogP contribution in [0.25, 0.3) is 0 Å². The van der Waals surface area contributed by atoms with Crippen LogP contribution < -0.4 is 14.8 Å². The monoisotopic (exact) mass is 384 g/mol. The lowest BCUT2D eigenvalue weighted by molar-refractivity contribution is -0.141. The molecule has 0 saturated heterocycles. The molecule has 1 unspecified atom stereocenters. The first-order valence-corrected chi connectivity index (χ1v) is 9.68. The molecule has 1 atom stereocenters. The van der Waals surface area contributed by atoms with Crippen molar-refractivity contribution in [2.45, 2.75) is 39.3 Å². The van der Waals surface area contributed by atoms with Gasteiger partial charge in [0, 0.05) is 5.69 Å². The first kappa shape index (κ1) is 21.5. The third-order valence-corrected chi connectivity index (χ3v) is 4.25. The predicted octanol–water partition coefficient (Wildman–Crippen LogP) is 1.75. The van der Waals surface area contributed by atoms with Crippen molar-refractivity contribution in [3.05, 3.63) is 36.4 Å². The van der Waals surface area contributed by atoms with E-state index in [0.29, 0.717) is 5.75 Å². The van der Waals surface area contributed by atoms with Gasteiger partial charge in [-0.3, -0.25) is 9.52 Å². The van der Waals surface area contributed by atoms with E-state index < -0.39 is 33.7 Å². The van der Waals surface area contributed by atoms with Crippen LogP contribution in [0.1, 0.15) is 27.2 Å². The molecule has 0 aliphatic carbocycles. The fourth-order valence-corrected chi connectivity index (χ4v) is 2.99. The Morgan fingerprint density at radius 1 is 1.23 bits per heavy atom. The number of carboxylic acids is 1. The van der Waals surface area contributed by atoms with Gasteiger partial charge in [0.15, 0.2) is 0 Å². The van der Waals surface area contributed by atoms with Gasteiger partial charge >= 0.3 is 5.97 Å². The maximum atomic E-state index is 12.1. The average molecular weight is 384 g/mol. The number of sulfonamides is 1. The van der Waals surface area contributed by atoms with Gasteiger partial charge in [0.1, 0.15) is 17.5 Å². The fourth-order valence-electron chi connectivity index (χ4n) is 1.99. The van der Waals surface area contributed by atoms with Gasteiger partial charge in [0.05, 0.1) is 6.10 Å². The molecule has 8 nitrogen and oxygen atoms in total. The molecular weight excluding hydrogens is 360 g/mol. The van der Waals surface area contributed by atoms with Crippen LogP contribution in [0.2, 0.25) is 0 Å². The average Bonchev–Trinajstić information content (AvgIpc) is 2.51. The second kappa shape index (κ2) is 9.81. The zero-order chi connectivity index (χ0) is 19.7. The van der Waals surface area contributed by atoms with Gasteiger partial charge in [-0.1, -0.05) is 12.2 Å². The highest BCUT2D eigenvalue weighted by Gasteiger charge is 2.22. The minimum absolute atomic E-state index is 0.00836. The van der Waals surface area contributed by atoms with Gasteiger partial charge in [-0.05, 0) is 51.5 Å². The summed E-state index contributed by atoms with van der Waals surface area (Å²) in [6.07, 6.45) is 3.29. The van der Waals surface area contributed by atoms with Crippen molar-refractivity contribution in [2.24, 2.45) is 0 Å². The van der Waals surface area contributed by atoms with E-state index in [1.54, 1.807) is 31.2 Å². The SMILES string of the molecule is C/C=C/CC(NC(=O)CS(=O)(=O)Nc1ccc(OC(C)C)cc1)C(=O)O. The van der Waals surface area contributed by atoms with Crippen LogP contribution in [0.4, 0.5) is 5.69 Å². The molecule has 0 saturated carbocycles. The lowest BCUT2D eigenvalue weighted by Gasteiger charge is -2.14. The molecule has 0 radical (unpaired) electrons. The smallest absolute Gasteiger partial charge is 0.326 e. The van der Waals surface area contributed by atoms with Crippen molar-refractivity contribution in [2.75, 3.05) is 10.5 Å². The van der Waals surface area contributed by atoms with Gasteiger partial charge in [-0.25, -0.2) is 13.2 Å². The summed E-state index contributed by atoms with van der Waals surface area (Å²) in [6, 6.07) is 5.06. The summed E-state index contributed by atoms with van der Waals surface area (Å²) >= 11 is 0. The van der Waals surface area contributed by atoms with Gasteiger partial charge < -0.3 is 15.2 Å². The Morgan fingerprint density at radius 3 is 2.35 bits per heavy atom.